The Morgan fingerprint density at radius 1 is 1.19 bits per heavy atom. The van der Waals surface area contributed by atoms with E-state index in [-0.39, 0.29) is 0 Å². The first-order valence-electron chi connectivity index (χ1n) is 7.14. The number of hydrogen-bond donors (Lipinski definition) is 1. The fraction of sp³-hybridized carbons (Fsp3) is 1.00. The molecular formula is C14H28N2. The molecule has 0 aliphatic carbocycles. The first-order valence-corrected chi connectivity index (χ1v) is 7.14. The minimum atomic E-state index is 0.787. The van der Waals surface area contributed by atoms with Crippen molar-refractivity contribution in [1.29, 1.82) is 0 Å². The molecule has 2 heteroatoms. The van der Waals surface area contributed by atoms with E-state index in [1.807, 2.05) is 0 Å². The Hall–Kier alpha value is -0.0800. The van der Waals surface area contributed by atoms with Gasteiger partial charge in [0.25, 0.3) is 0 Å². The Kier molecular flexibility index (Phi) is 4.26. The smallest absolute Gasteiger partial charge is 0.0235 e. The van der Waals surface area contributed by atoms with Crippen molar-refractivity contribution in [2.45, 2.75) is 58.5 Å². The van der Waals surface area contributed by atoms with Crippen LogP contribution >= 0.6 is 0 Å². The van der Waals surface area contributed by atoms with Crippen molar-refractivity contribution in [3.8, 4) is 0 Å². The zero-order chi connectivity index (χ0) is 11.5. The summed E-state index contributed by atoms with van der Waals surface area (Å²) in [6.07, 6.45) is 5.58. The summed E-state index contributed by atoms with van der Waals surface area (Å²) >= 11 is 0. The van der Waals surface area contributed by atoms with Crippen LogP contribution in [0.3, 0.4) is 0 Å². The average molecular weight is 224 g/mol. The van der Waals surface area contributed by atoms with Crippen molar-refractivity contribution in [2.24, 2.45) is 11.8 Å². The van der Waals surface area contributed by atoms with Gasteiger partial charge in [-0.3, -0.25) is 4.90 Å². The summed E-state index contributed by atoms with van der Waals surface area (Å²) in [6.45, 7) is 11.0. The molecule has 0 spiro atoms. The van der Waals surface area contributed by atoms with E-state index in [0.717, 1.165) is 23.9 Å². The topological polar surface area (TPSA) is 15.3 Å². The standard InChI is InChI=1S/C14H28N2/c1-11(2)6-7-12(3)16-9-13-5-4-8-15-14(13)10-16/h11-15H,4-10H2,1-3H3/t12?,13-,14+/m0/s1. The maximum atomic E-state index is 3.69. The maximum absolute atomic E-state index is 3.69. The minimum Gasteiger partial charge on any atom is -0.312 e. The molecule has 1 unspecified atom stereocenters. The molecule has 0 aromatic carbocycles. The fourth-order valence-electron chi connectivity index (χ4n) is 3.20. The molecule has 94 valence electrons. The van der Waals surface area contributed by atoms with Gasteiger partial charge in [-0.15, -0.1) is 0 Å². The molecule has 2 saturated heterocycles. The second-order valence-corrected chi connectivity index (χ2v) is 6.24. The van der Waals surface area contributed by atoms with Crippen LogP contribution in [-0.2, 0) is 0 Å². The maximum Gasteiger partial charge on any atom is 0.0235 e. The lowest BCUT2D eigenvalue weighted by Crippen LogP contribution is -2.41. The van der Waals surface area contributed by atoms with Crippen LogP contribution in [0.5, 0.6) is 0 Å². The van der Waals surface area contributed by atoms with Crippen molar-refractivity contribution in [3.05, 3.63) is 0 Å². The van der Waals surface area contributed by atoms with Crippen molar-refractivity contribution in [1.82, 2.24) is 10.2 Å². The number of hydrogen-bond acceptors (Lipinski definition) is 2. The van der Waals surface area contributed by atoms with Gasteiger partial charge < -0.3 is 5.32 Å². The van der Waals surface area contributed by atoms with Gasteiger partial charge in [-0.1, -0.05) is 13.8 Å². The molecule has 3 atom stereocenters. The van der Waals surface area contributed by atoms with E-state index >= 15 is 0 Å². The third kappa shape index (κ3) is 2.98. The first-order chi connectivity index (χ1) is 7.66. The highest BCUT2D eigenvalue weighted by Gasteiger charge is 2.35. The second-order valence-electron chi connectivity index (χ2n) is 6.24. The second kappa shape index (κ2) is 5.50. The van der Waals surface area contributed by atoms with Crippen LogP contribution in [0.25, 0.3) is 0 Å². The normalized spacial score (nSPS) is 33.0. The van der Waals surface area contributed by atoms with Crippen LogP contribution in [0.1, 0.15) is 46.5 Å². The van der Waals surface area contributed by atoms with Gasteiger partial charge in [-0.05, 0) is 51.0 Å². The predicted molar refractivity (Wildman–Crippen MR) is 69.6 cm³/mol. The first kappa shape index (κ1) is 12.4. The lowest BCUT2D eigenvalue weighted by molar-refractivity contribution is 0.227. The Labute approximate surface area is 101 Å². The number of fused-ring (bicyclic) bond motifs is 1. The number of piperidine rings is 1. The molecule has 1 N–H and O–H groups in total. The lowest BCUT2D eigenvalue weighted by atomic mass is 9.94. The van der Waals surface area contributed by atoms with E-state index in [1.54, 1.807) is 0 Å². The van der Waals surface area contributed by atoms with Gasteiger partial charge in [0.05, 0.1) is 0 Å². The molecule has 0 bridgehead atoms. The van der Waals surface area contributed by atoms with Crippen molar-refractivity contribution >= 4 is 0 Å². The zero-order valence-electron chi connectivity index (χ0n) is 11.2. The summed E-state index contributed by atoms with van der Waals surface area (Å²) in [5, 5.41) is 3.69. The highest BCUT2D eigenvalue weighted by atomic mass is 15.2. The van der Waals surface area contributed by atoms with Gasteiger partial charge in [0.15, 0.2) is 0 Å². The summed E-state index contributed by atoms with van der Waals surface area (Å²) in [7, 11) is 0. The molecule has 0 aromatic rings. The quantitative estimate of drug-likeness (QED) is 0.789. The summed E-state index contributed by atoms with van der Waals surface area (Å²) in [5.74, 6) is 1.79. The minimum absolute atomic E-state index is 0.787. The fourth-order valence-corrected chi connectivity index (χ4v) is 3.20. The summed E-state index contributed by atoms with van der Waals surface area (Å²) in [5.41, 5.74) is 0. The Bertz CT molecular complexity index is 201. The number of nitrogens with one attached hydrogen (secondary N) is 1. The predicted octanol–water partition coefficient (Wildman–Crippen LogP) is 2.49. The molecule has 16 heavy (non-hydrogen) atoms. The van der Waals surface area contributed by atoms with Crippen molar-refractivity contribution in [2.75, 3.05) is 19.6 Å². The molecule has 0 radical (unpaired) electrons. The molecule has 2 aliphatic heterocycles. The molecular weight excluding hydrogens is 196 g/mol. The van der Waals surface area contributed by atoms with Crippen LogP contribution in [0.2, 0.25) is 0 Å². The molecule has 2 aliphatic rings. The van der Waals surface area contributed by atoms with Gasteiger partial charge in [-0.2, -0.15) is 0 Å². The van der Waals surface area contributed by atoms with E-state index in [9.17, 15) is 0 Å². The third-order valence-electron chi connectivity index (χ3n) is 4.41. The Morgan fingerprint density at radius 3 is 2.69 bits per heavy atom. The monoisotopic (exact) mass is 224 g/mol. The van der Waals surface area contributed by atoms with Gasteiger partial charge in [0, 0.05) is 25.2 Å². The molecule has 2 nitrogen and oxygen atoms in total. The van der Waals surface area contributed by atoms with E-state index in [4.69, 9.17) is 0 Å². The van der Waals surface area contributed by atoms with Gasteiger partial charge >= 0.3 is 0 Å². The Balaban J connectivity index is 1.78. The number of nitrogens with zero attached hydrogens (tertiary/aromatic N) is 1. The zero-order valence-corrected chi connectivity index (χ0v) is 11.2. The van der Waals surface area contributed by atoms with E-state index < -0.39 is 0 Å². The third-order valence-corrected chi connectivity index (χ3v) is 4.41. The van der Waals surface area contributed by atoms with E-state index in [2.05, 4.69) is 31.0 Å². The SMILES string of the molecule is CC(C)CCC(C)N1C[C@@H]2CCCN[C@@H]2C1. The van der Waals surface area contributed by atoms with Crippen LogP contribution in [-0.4, -0.2) is 36.6 Å². The largest absolute Gasteiger partial charge is 0.312 e. The van der Waals surface area contributed by atoms with E-state index in [1.165, 1.54) is 45.3 Å². The molecule has 0 amide bonds. The van der Waals surface area contributed by atoms with Crippen LogP contribution in [0, 0.1) is 11.8 Å². The van der Waals surface area contributed by atoms with Gasteiger partial charge in [0.1, 0.15) is 0 Å². The summed E-state index contributed by atoms with van der Waals surface area (Å²) in [6, 6.07) is 1.59. The van der Waals surface area contributed by atoms with Gasteiger partial charge in [0.2, 0.25) is 0 Å². The average Bonchev–Trinajstić information content (AvgIpc) is 2.69. The molecule has 2 rings (SSSR count). The summed E-state index contributed by atoms with van der Waals surface area (Å²) < 4.78 is 0. The molecule has 0 saturated carbocycles. The van der Waals surface area contributed by atoms with Crippen molar-refractivity contribution < 1.29 is 0 Å². The van der Waals surface area contributed by atoms with Crippen LogP contribution in [0.4, 0.5) is 0 Å². The van der Waals surface area contributed by atoms with Gasteiger partial charge in [-0.25, -0.2) is 0 Å². The highest BCUT2D eigenvalue weighted by Crippen LogP contribution is 2.27. The molecule has 0 aromatic heterocycles. The van der Waals surface area contributed by atoms with E-state index in [0.29, 0.717) is 0 Å². The lowest BCUT2D eigenvalue weighted by Gasteiger charge is -2.25. The molecule has 2 heterocycles. The number of likely N-dealkylation sites (tertiary alicyclic amines) is 1. The van der Waals surface area contributed by atoms with Crippen LogP contribution in [0.15, 0.2) is 0 Å². The summed E-state index contributed by atoms with van der Waals surface area (Å²) in [4.78, 5) is 2.72. The highest BCUT2D eigenvalue weighted by molar-refractivity contribution is 4.93. The Morgan fingerprint density at radius 2 is 2.00 bits per heavy atom. The van der Waals surface area contributed by atoms with Crippen molar-refractivity contribution in [3.63, 3.8) is 0 Å². The number of rotatable bonds is 4. The molecule has 2 fully saturated rings. The van der Waals surface area contributed by atoms with Crippen LogP contribution < -0.4 is 5.32 Å².